The third-order valence-electron chi connectivity index (χ3n) is 4.36. The standard InChI is InChI=1S/C18H17F3N4O2/c1-11(26)24-6-8-25(9-7-24)12-2-5-15(22-10-12)23-18(27)13-3-4-14(19)17(21)16(13)20/h2-5,10H,6-9H2,1H3,(H,22,23,27). The molecule has 0 spiro atoms. The van der Waals surface area contributed by atoms with Crippen molar-refractivity contribution in [2.24, 2.45) is 0 Å². The lowest BCUT2D eigenvalue weighted by atomic mass is 10.2. The Morgan fingerprint density at radius 1 is 1.00 bits per heavy atom. The van der Waals surface area contributed by atoms with E-state index in [4.69, 9.17) is 0 Å². The molecule has 3 rings (SSSR count). The maximum atomic E-state index is 13.7. The van der Waals surface area contributed by atoms with E-state index < -0.39 is 28.9 Å². The van der Waals surface area contributed by atoms with Gasteiger partial charge in [-0.3, -0.25) is 9.59 Å². The predicted molar refractivity (Wildman–Crippen MR) is 93.0 cm³/mol. The molecule has 2 aromatic rings. The van der Waals surface area contributed by atoms with Gasteiger partial charge in [0.2, 0.25) is 5.91 Å². The van der Waals surface area contributed by atoms with Crippen molar-refractivity contribution in [1.29, 1.82) is 0 Å². The molecule has 1 aromatic heterocycles. The van der Waals surface area contributed by atoms with Crippen molar-refractivity contribution in [3.05, 3.63) is 53.5 Å². The summed E-state index contributed by atoms with van der Waals surface area (Å²) in [6, 6.07) is 4.81. The first kappa shape index (κ1) is 18.7. The van der Waals surface area contributed by atoms with Gasteiger partial charge in [0.1, 0.15) is 5.82 Å². The highest BCUT2D eigenvalue weighted by Crippen LogP contribution is 2.19. The second-order valence-corrected chi connectivity index (χ2v) is 6.07. The number of carbonyl (C=O) groups excluding carboxylic acids is 2. The minimum absolute atomic E-state index is 0.0373. The van der Waals surface area contributed by atoms with Crippen LogP contribution in [0.25, 0.3) is 0 Å². The molecule has 0 unspecified atom stereocenters. The van der Waals surface area contributed by atoms with Gasteiger partial charge in [0, 0.05) is 33.1 Å². The Morgan fingerprint density at radius 2 is 1.70 bits per heavy atom. The molecule has 1 aliphatic heterocycles. The van der Waals surface area contributed by atoms with Gasteiger partial charge in [0.05, 0.1) is 17.4 Å². The summed E-state index contributed by atoms with van der Waals surface area (Å²) in [4.78, 5) is 31.3. The molecule has 2 amide bonds. The molecule has 0 aliphatic carbocycles. The van der Waals surface area contributed by atoms with Crippen molar-refractivity contribution in [3.63, 3.8) is 0 Å². The number of hydrogen-bond acceptors (Lipinski definition) is 4. The molecule has 27 heavy (non-hydrogen) atoms. The number of nitrogens with one attached hydrogen (secondary N) is 1. The third kappa shape index (κ3) is 4.02. The topological polar surface area (TPSA) is 65.5 Å². The number of nitrogens with zero attached hydrogens (tertiary/aromatic N) is 3. The van der Waals surface area contributed by atoms with Crippen LogP contribution in [0.2, 0.25) is 0 Å². The summed E-state index contributed by atoms with van der Waals surface area (Å²) in [5.74, 6) is -5.35. The van der Waals surface area contributed by atoms with E-state index >= 15 is 0 Å². The van der Waals surface area contributed by atoms with Crippen LogP contribution in [0.15, 0.2) is 30.5 Å². The molecule has 9 heteroatoms. The SMILES string of the molecule is CC(=O)N1CCN(c2ccc(NC(=O)c3ccc(F)c(F)c3F)nc2)CC1. The van der Waals surface area contributed by atoms with Gasteiger partial charge in [-0.05, 0) is 24.3 Å². The highest BCUT2D eigenvalue weighted by atomic mass is 19.2. The Kier molecular flexibility index (Phi) is 5.29. The number of piperazine rings is 1. The van der Waals surface area contributed by atoms with Gasteiger partial charge in [0.15, 0.2) is 17.5 Å². The maximum Gasteiger partial charge on any atom is 0.259 e. The van der Waals surface area contributed by atoms with Crippen molar-refractivity contribution in [2.75, 3.05) is 36.4 Å². The Labute approximate surface area is 153 Å². The average molecular weight is 378 g/mol. The quantitative estimate of drug-likeness (QED) is 0.834. The number of halogens is 3. The molecular formula is C18H17F3N4O2. The minimum Gasteiger partial charge on any atom is -0.367 e. The van der Waals surface area contributed by atoms with Gasteiger partial charge >= 0.3 is 0 Å². The van der Waals surface area contributed by atoms with E-state index in [1.807, 2.05) is 4.90 Å². The molecule has 0 radical (unpaired) electrons. The van der Waals surface area contributed by atoms with E-state index in [9.17, 15) is 22.8 Å². The fourth-order valence-corrected chi connectivity index (χ4v) is 2.81. The van der Waals surface area contributed by atoms with E-state index in [1.165, 1.54) is 13.0 Å². The van der Waals surface area contributed by atoms with Gasteiger partial charge in [0.25, 0.3) is 5.91 Å². The van der Waals surface area contributed by atoms with E-state index in [0.717, 1.165) is 11.8 Å². The smallest absolute Gasteiger partial charge is 0.259 e. The molecule has 142 valence electrons. The van der Waals surface area contributed by atoms with Crippen molar-refractivity contribution in [1.82, 2.24) is 9.88 Å². The summed E-state index contributed by atoms with van der Waals surface area (Å²) in [5.41, 5.74) is 0.204. The zero-order valence-corrected chi connectivity index (χ0v) is 14.5. The highest BCUT2D eigenvalue weighted by molar-refractivity contribution is 6.04. The number of amides is 2. The first-order valence-corrected chi connectivity index (χ1v) is 8.28. The molecule has 0 atom stereocenters. The van der Waals surface area contributed by atoms with Crippen molar-refractivity contribution >= 4 is 23.3 Å². The number of rotatable bonds is 3. The van der Waals surface area contributed by atoms with Crippen LogP contribution in [-0.4, -0.2) is 47.9 Å². The first-order chi connectivity index (χ1) is 12.9. The lowest BCUT2D eigenvalue weighted by molar-refractivity contribution is -0.129. The second kappa shape index (κ2) is 7.65. The normalized spacial score (nSPS) is 14.2. The molecule has 1 N–H and O–H groups in total. The van der Waals surface area contributed by atoms with Crippen molar-refractivity contribution in [3.8, 4) is 0 Å². The predicted octanol–water partition coefficient (Wildman–Crippen LogP) is 2.42. The molecule has 6 nitrogen and oxygen atoms in total. The molecule has 2 heterocycles. The molecule has 0 saturated carbocycles. The third-order valence-corrected chi connectivity index (χ3v) is 4.36. The number of aromatic nitrogens is 1. The molecule has 1 fully saturated rings. The maximum absolute atomic E-state index is 13.7. The van der Waals surface area contributed by atoms with Crippen LogP contribution in [0.3, 0.4) is 0 Å². The molecular weight excluding hydrogens is 361 g/mol. The summed E-state index contributed by atoms with van der Waals surface area (Å²) >= 11 is 0. The number of hydrogen-bond donors (Lipinski definition) is 1. The summed E-state index contributed by atoms with van der Waals surface area (Å²) < 4.78 is 39.9. The summed E-state index contributed by atoms with van der Waals surface area (Å²) in [5, 5.41) is 2.35. The Balaban J connectivity index is 1.65. The van der Waals surface area contributed by atoms with E-state index in [1.54, 1.807) is 17.2 Å². The Morgan fingerprint density at radius 3 is 2.30 bits per heavy atom. The van der Waals surface area contributed by atoms with Crippen molar-refractivity contribution in [2.45, 2.75) is 6.92 Å². The molecule has 1 aromatic carbocycles. The van der Waals surface area contributed by atoms with Crippen LogP contribution in [0, 0.1) is 17.5 Å². The van der Waals surface area contributed by atoms with Gasteiger partial charge in [-0.2, -0.15) is 0 Å². The zero-order valence-electron chi connectivity index (χ0n) is 14.5. The van der Waals surface area contributed by atoms with E-state index in [2.05, 4.69) is 10.3 Å². The zero-order chi connectivity index (χ0) is 19.6. The van der Waals surface area contributed by atoms with Crippen LogP contribution < -0.4 is 10.2 Å². The molecule has 1 aliphatic rings. The van der Waals surface area contributed by atoms with Gasteiger partial charge < -0.3 is 15.1 Å². The lowest BCUT2D eigenvalue weighted by Crippen LogP contribution is -2.48. The van der Waals surface area contributed by atoms with Crippen LogP contribution in [0.5, 0.6) is 0 Å². The van der Waals surface area contributed by atoms with Crippen LogP contribution in [0.1, 0.15) is 17.3 Å². The largest absolute Gasteiger partial charge is 0.367 e. The molecule has 0 bridgehead atoms. The van der Waals surface area contributed by atoms with E-state index in [-0.39, 0.29) is 11.7 Å². The average Bonchev–Trinajstić information content (AvgIpc) is 2.67. The van der Waals surface area contributed by atoms with Crippen LogP contribution in [-0.2, 0) is 4.79 Å². The lowest BCUT2D eigenvalue weighted by Gasteiger charge is -2.35. The minimum atomic E-state index is -1.70. The molecule has 1 saturated heterocycles. The monoisotopic (exact) mass is 378 g/mol. The number of pyridine rings is 1. The van der Waals surface area contributed by atoms with E-state index in [0.29, 0.717) is 32.2 Å². The summed E-state index contributed by atoms with van der Waals surface area (Å²) in [7, 11) is 0. The summed E-state index contributed by atoms with van der Waals surface area (Å²) in [6.45, 7) is 4.08. The second-order valence-electron chi connectivity index (χ2n) is 6.07. The number of anilines is 2. The van der Waals surface area contributed by atoms with Gasteiger partial charge in [-0.1, -0.05) is 0 Å². The van der Waals surface area contributed by atoms with Crippen molar-refractivity contribution < 1.29 is 22.8 Å². The first-order valence-electron chi connectivity index (χ1n) is 8.28. The summed E-state index contributed by atoms with van der Waals surface area (Å²) in [6.07, 6.45) is 1.54. The van der Waals surface area contributed by atoms with Crippen LogP contribution >= 0.6 is 0 Å². The fourth-order valence-electron chi connectivity index (χ4n) is 2.81. The Bertz CT molecular complexity index is 866. The highest BCUT2D eigenvalue weighted by Gasteiger charge is 2.20. The number of carbonyl (C=O) groups is 2. The Hall–Kier alpha value is -3.10. The van der Waals surface area contributed by atoms with Crippen LogP contribution in [0.4, 0.5) is 24.7 Å². The fraction of sp³-hybridized carbons (Fsp3) is 0.278. The van der Waals surface area contributed by atoms with Gasteiger partial charge in [-0.25, -0.2) is 18.2 Å². The van der Waals surface area contributed by atoms with Gasteiger partial charge in [-0.15, -0.1) is 0 Å². The number of benzene rings is 1.